The zero-order valence-electron chi connectivity index (χ0n) is 8.45. The number of carbonyl (C=O) groups excluding carboxylic acids is 1. The zero-order valence-corrected chi connectivity index (χ0v) is 8.45. The molecule has 1 aromatic carbocycles. The lowest BCUT2D eigenvalue weighted by Gasteiger charge is -2.09. The number of phenolic OH excluding ortho intramolecular Hbond substituents is 1. The Balaban J connectivity index is 3.25. The number of halogens is 1. The first kappa shape index (κ1) is 11.5. The number of ketones is 1. The Morgan fingerprint density at radius 3 is 2.60 bits per heavy atom. The molecule has 0 aliphatic rings. The molecule has 0 aromatic heterocycles. The van der Waals surface area contributed by atoms with Crippen LogP contribution in [0.4, 0.5) is 4.39 Å². The van der Waals surface area contributed by atoms with E-state index in [-0.39, 0.29) is 5.75 Å². The molecule has 1 atom stereocenters. The van der Waals surface area contributed by atoms with Crippen LogP contribution in [0.1, 0.15) is 17.3 Å². The number of methoxy groups -OCH3 is 1. The number of nitrogens with two attached hydrogens (primary N) is 1. The fourth-order valence-corrected chi connectivity index (χ4v) is 1.16. The number of benzene rings is 1. The van der Waals surface area contributed by atoms with Crippen LogP contribution >= 0.6 is 0 Å². The summed E-state index contributed by atoms with van der Waals surface area (Å²) in [6, 6.07) is 1.33. The minimum atomic E-state index is -0.862. The van der Waals surface area contributed by atoms with Crippen LogP contribution < -0.4 is 10.5 Å². The van der Waals surface area contributed by atoms with Gasteiger partial charge in [-0.25, -0.2) is 4.39 Å². The smallest absolute Gasteiger partial charge is 0.185 e. The van der Waals surface area contributed by atoms with Crippen molar-refractivity contribution < 1.29 is 19.0 Å². The molecule has 0 radical (unpaired) electrons. The lowest BCUT2D eigenvalue weighted by Crippen LogP contribution is -2.27. The molecule has 1 rings (SSSR count). The van der Waals surface area contributed by atoms with Crippen LogP contribution in [-0.4, -0.2) is 24.0 Å². The zero-order chi connectivity index (χ0) is 11.6. The number of Topliss-reactive ketones (excluding diaryl/α,β-unsaturated/α-hetero) is 1. The second-order valence-corrected chi connectivity index (χ2v) is 3.16. The minimum absolute atomic E-state index is 0.145. The number of hydrogen-bond acceptors (Lipinski definition) is 4. The van der Waals surface area contributed by atoms with Gasteiger partial charge in [0.1, 0.15) is 17.3 Å². The van der Waals surface area contributed by atoms with Crippen LogP contribution in [0.5, 0.6) is 11.5 Å². The van der Waals surface area contributed by atoms with Gasteiger partial charge in [-0.05, 0) is 6.92 Å². The Morgan fingerprint density at radius 1 is 1.60 bits per heavy atom. The number of phenols is 1. The van der Waals surface area contributed by atoms with Crippen molar-refractivity contribution in [2.75, 3.05) is 7.11 Å². The van der Waals surface area contributed by atoms with E-state index in [1.165, 1.54) is 20.1 Å². The third-order valence-electron chi connectivity index (χ3n) is 1.94. The highest BCUT2D eigenvalue weighted by molar-refractivity contribution is 6.02. The maximum atomic E-state index is 13.4. The Hall–Kier alpha value is -1.62. The molecule has 4 nitrogen and oxygen atoms in total. The number of hydrogen-bond donors (Lipinski definition) is 2. The van der Waals surface area contributed by atoms with Crippen LogP contribution in [0.25, 0.3) is 0 Å². The highest BCUT2D eigenvalue weighted by Gasteiger charge is 2.21. The van der Waals surface area contributed by atoms with Crippen LogP contribution in [0.2, 0.25) is 0 Å². The van der Waals surface area contributed by atoms with Gasteiger partial charge in [0.25, 0.3) is 0 Å². The van der Waals surface area contributed by atoms with Gasteiger partial charge in [0.2, 0.25) is 0 Å². The van der Waals surface area contributed by atoms with E-state index in [9.17, 15) is 14.3 Å². The largest absolute Gasteiger partial charge is 0.507 e. The molecule has 0 amide bonds. The molecule has 82 valence electrons. The summed E-state index contributed by atoms with van der Waals surface area (Å²) in [5.74, 6) is -1.80. The lowest BCUT2D eigenvalue weighted by molar-refractivity contribution is 0.0961. The second kappa shape index (κ2) is 4.27. The maximum absolute atomic E-state index is 13.4. The summed E-state index contributed by atoms with van der Waals surface area (Å²) >= 11 is 0. The standard InChI is InChI=1S/C10H12FNO3/c1-5(12)10(14)9-7(11)3-6(15-2)4-8(9)13/h3-5,13H,12H2,1-2H3. The van der Waals surface area contributed by atoms with Crippen LogP contribution in [0.15, 0.2) is 12.1 Å². The van der Waals surface area contributed by atoms with E-state index in [4.69, 9.17) is 10.5 Å². The average Bonchev–Trinajstić information content (AvgIpc) is 2.16. The summed E-state index contributed by atoms with van der Waals surface area (Å²) in [4.78, 5) is 11.4. The highest BCUT2D eigenvalue weighted by Crippen LogP contribution is 2.27. The Kier molecular flexibility index (Phi) is 3.26. The molecule has 1 aromatic rings. The van der Waals surface area contributed by atoms with Crippen molar-refractivity contribution in [3.8, 4) is 11.5 Å². The fraction of sp³-hybridized carbons (Fsp3) is 0.300. The minimum Gasteiger partial charge on any atom is -0.507 e. The van der Waals surface area contributed by atoms with E-state index >= 15 is 0 Å². The van der Waals surface area contributed by atoms with Gasteiger partial charge >= 0.3 is 0 Å². The number of carbonyl (C=O) groups is 1. The monoisotopic (exact) mass is 213 g/mol. The summed E-state index contributed by atoms with van der Waals surface area (Å²) in [6.45, 7) is 1.42. The molecule has 0 aliphatic heterocycles. The van der Waals surface area contributed by atoms with Gasteiger partial charge in [-0.15, -0.1) is 0 Å². The van der Waals surface area contributed by atoms with Gasteiger partial charge < -0.3 is 15.6 Å². The first-order valence-corrected chi connectivity index (χ1v) is 4.33. The van der Waals surface area contributed by atoms with E-state index in [1.807, 2.05) is 0 Å². The number of rotatable bonds is 3. The number of aromatic hydroxyl groups is 1. The van der Waals surface area contributed by atoms with E-state index in [0.29, 0.717) is 0 Å². The summed E-state index contributed by atoms with van der Waals surface area (Å²) in [5, 5.41) is 9.43. The van der Waals surface area contributed by atoms with E-state index in [2.05, 4.69) is 0 Å². The quantitative estimate of drug-likeness (QED) is 0.736. The summed E-state index contributed by atoms with van der Waals surface area (Å²) in [5.41, 5.74) is 4.92. The first-order valence-electron chi connectivity index (χ1n) is 4.33. The summed E-state index contributed by atoms with van der Waals surface area (Å²) < 4.78 is 18.1. The van der Waals surface area contributed by atoms with Crippen LogP contribution in [0, 0.1) is 5.82 Å². The van der Waals surface area contributed by atoms with Gasteiger partial charge in [-0.3, -0.25) is 4.79 Å². The van der Waals surface area contributed by atoms with Gasteiger partial charge in [-0.2, -0.15) is 0 Å². The Bertz CT molecular complexity index is 367. The highest BCUT2D eigenvalue weighted by atomic mass is 19.1. The SMILES string of the molecule is COc1cc(O)c(C(=O)C(C)N)c(F)c1. The van der Waals surface area contributed by atoms with E-state index < -0.39 is 29.0 Å². The van der Waals surface area contributed by atoms with Crippen molar-refractivity contribution >= 4 is 5.78 Å². The van der Waals surface area contributed by atoms with Crippen LogP contribution in [0.3, 0.4) is 0 Å². The molecular formula is C10H12FNO3. The topological polar surface area (TPSA) is 72.5 Å². The molecule has 0 bridgehead atoms. The fourth-order valence-electron chi connectivity index (χ4n) is 1.16. The molecule has 0 saturated heterocycles. The van der Waals surface area contributed by atoms with E-state index in [1.54, 1.807) is 0 Å². The average molecular weight is 213 g/mol. The Labute approximate surface area is 86.5 Å². The molecule has 0 aliphatic carbocycles. The van der Waals surface area contributed by atoms with Crippen LogP contribution in [-0.2, 0) is 0 Å². The van der Waals surface area contributed by atoms with E-state index in [0.717, 1.165) is 6.07 Å². The molecule has 1 unspecified atom stereocenters. The predicted molar refractivity (Wildman–Crippen MR) is 52.6 cm³/mol. The van der Waals surface area contributed by atoms with Crippen molar-refractivity contribution in [2.24, 2.45) is 5.73 Å². The van der Waals surface area contributed by atoms with Gasteiger partial charge in [0.15, 0.2) is 5.78 Å². The lowest BCUT2D eigenvalue weighted by atomic mass is 10.0. The summed E-state index contributed by atoms with van der Waals surface area (Å²) in [7, 11) is 1.33. The van der Waals surface area contributed by atoms with Crippen molar-refractivity contribution in [2.45, 2.75) is 13.0 Å². The van der Waals surface area contributed by atoms with Gasteiger partial charge in [-0.1, -0.05) is 0 Å². The first-order chi connectivity index (χ1) is 6.97. The molecule has 0 fully saturated rings. The normalized spacial score (nSPS) is 12.3. The molecule has 0 heterocycles. The summed E-state index contributed by atoms with van der Waals surface area (Å²) in [6.07, 6.45) is 0. The molecule has 0 spiro atoms. The van der Waals surface area contributed by atoms with Crippen molar-refractivity contribution in [3.63, 3.8) is 0 Å². The third-order valence-corrected chi connectivity index (χ3v) is 1.94. The van der Waals surface area contributed by atoms with Gasteiger partial charge in [0.05, 0.1) is 18.7 Å². The van der Waals surface area contributed by atoms with Crippen molar-refractivity contribution in [1.29, 1.82) is 0 Å². The molecule has 0 saturated carbocycles. The molecule has 15 heavy (non-hydrogen) atoms. The molecule has 3 N–H and O–H groups in total. The maximum Gasteiger partial charge on any atom is 0.185 e. The Morgan fingerprint density at radius 2 is 2.20 bits per heavy atom. The van der Waals surface area contributed by atoms with Crippen molar-refractivity contribution in [3.05, 3.63) is 23.5 Å². The van der Waals surface area contributed by atoms with Crippen molar-refractivity contribution in [1.82, 2.24) is 0 Å². The number of ether oxygens (including phenoxy) is 1. The third kappa shape index (κ3) is 2.24. The second-order valence-electron chi connectivity index (χ2n) is 3.16. The van der Waals surface area contributed by atoms with Gasteiger partial charge in [0, 0.05) is 12.1 Å². The molecule has 5 heteroatoms. The molecular weight excluding hydrogens is 201 g/mol. The predicted octanol–water partition coefficient (Wildman–Crippen LogP) is 1.07.